The van der Waals surface area contributed by atoms with Gasteiger partial charge in [0.25, 0.3) is 10.0 Å². The molecular formula is C21H32N4O4S2. The second-order valence-corrected chi connectivity index (χ2v) is 9.56. The minimum atomic E-state index is -3.94. The van der Waals surface area contributed by atoms with E-state index in [1.165, 1.54) is 19.3 Å². The Morgan fingerprint density at radius 2 is 1.77 bits per heavy atom. The summed E-state index contributed by atoms with van der Waals surface area (Å²) in [7, 11) is -3.94. The molecule has 31 heavy (non-hydrogen) atoms. The number of sulfonamides is 1. The molecule has 0 aliphatic rings. The molecule has 8 nitrogen and oxygen atoms in total. The predicted molar refractivity (Wildman–Crippen MR) is 125 cm³/mol. The first-order chi connectivity index (χ1) is 14.6. The zero-order valence-corrected chi connectivity index (χ0v) is 19.8. The second kappa shape index (κ2) is 13.0. The Kier molecular flexibility index (Phi) is 11.1. The third kappa shape index (κ3) is 9.39. The van der Waals surface area contributed by atoms with E-state index in [-0.39, 0.29) is 10.8 Å². The maximum atomic E-state index is 12.1. The molecule has 0 bridgehead atoms. The molecule has 6 N–H and O–H groups in total. The van der Waals surface area contributed by atoms with E-state index in [1.807, 2.05) is 29.8 Å². The van der Waals surface area contributed by atoms with E-state index in [0.717, 1.165) is 24.1 Å². The van der Waals surface area contributed by atoms with Crippen LogP contribution in [0.5, 0.6) is 0 Å². The molecule has 0 saturated carbocycles. The van der Waals surface area contributed by atoms with E-state index >= 15 is 0 Å². The first-order valence-electron chi connectivity index (χ1n) is 10.1. The number of rotatable bonds is 9. The highest BCUT2D eigenvalue weighted by molar-refractivity contribution is 7.90. The SMILES string of the molecule is CCCCCCNC(N)=O.Cc1ccc(C(C)c2ccsc2)cc1S(=O)(=O)NC(N)=O. The lowest BCUT2D eigenvalue weighted by Gasteiger charge is -2.14. The van der Waals surface area contributed by atoms with Crippen LogP contribution < -0.4 is 21.5 Å². The second-order valence-electron chi connectivity index (χ2n) is 7.12. The Balaban J connectivity index is 0.000000407. The van der Waals surface area contributed by atoms with Crippen LogP contribution in [0.1, 0.15) is 62.1 Å². The number of nitrogens with two attached hydrogens (primary N) is 2. The lowest BCUT2D eigenvalue weighted by Crippen LogP contribution is -2.35. The van der Waals surface area contributed by atoms with Gasteiger partial charge in [0.1, 0.15) is 0 Å². The van der Waals surface area contributed by atoms with E-state index in [2.05, 4.69) is 12.2 Å². The quantitative estimate of drug-likeness (QED) is 0.415. The number of hydrogen-bond donors (Lipinski definition) is 4. The summed E-state index contributed by atoms with van der Waals surface area (Å²) >= 11 is 1.59. The molecule has 0 saturated heterocycles. The molecule has 0 fully saturated rings. The van der Waals surface area contributed by atoms with Gasteiger partial charge in [-0.3, -0.25) is 0 Å². The monoisotopic (exact) mass is 468 g/mol. The van der Waals surface area contributed by atoms with Crippen LogP contribution in [0.15, 0.2) is 39.9 Å². The largest absolute Gasteiger partial charge is 0.352 e. The summed E-state index contributed by atoms with van der Waals surface area (Å²) in [6.07, 6.45) is 4.67. The molecule has 0 aliphatic heterocycles. The summed E-state index contributed by atoms with van der Waals surface area (Å²) in [5.74, 6) is 0.0689. The Labute approximate surface area is 188 Å². The number of primary amides is 2. The summed E-state index contributed by atoms with van der Waals surface area (Å²) in [6, 6.07) is 5.70. The van der Waals surface area contributed by atoms with Crippen LogP contribution in [0.4, 0.5) is 9.59 Å². The summed E-state index contributed by atoms with van der Waals surface area (Å²) in [5, 5.41) is 6.55. The Hall–Kier alpha value is -2.59. The topological polar surface area (TPSA) is 144 Å². The summed E-state index contributed by atoms with van der Waals surface area (Å²) in [5.41, 5.74) is 12.3. The van der Waals surface area contributed by atoms with E-state index in [9.17, 15) is 18.0 Å². The van der Waals surface area contributed by atoms with Crippen molar-refractivity contribution in [1.82, 2.24) is 10.0 Å². The number of unbranched alkanes of at least 4 members (excludes halogenated alkanes) is 3. The summed E-state index contributed by atoms with van der Waals surface area (Å²) < 4.78 is 26.0. The zero-order valence-electron chi connectivity index (χ0n) is 18.2. The van der Waals surface area contributed by atoms with Gasteiger partial charge < -0.3 is 16.8 Å². The fourth-order valence-electron chi connectivity index (χ4n) is 2.84. The molecule has 10 heteroatoms. The highest BCUT2D eigenvalue weighted by atomic mass is 32.2. The van der Waals surface area contributed by atoms with Gasteiger partial charge >= 0.3 is 12.1 Å². The molecule has 2 rings (SSSR count). The maximum Gasteiger partial charge on any atom is 0.326 e. The van der Waals surface area contributed by atoms with Crippen molar-refractivity contribution >= 4 is 33.4 Å². The van der Waals surface area contributed by atoms with Gasteiger partial charge in [0.2, 0.25) is 0 Å². The van der Waals surface area contributed by atoms with Crippen molar-refractivity contribution in [2.24, 2.45) is 11.5 Å². The van der Waals surface area contributed by atoms with Gasteiger partial charge in [0.05, 0.1) is 4.90 Å². The number of nitrogens with one attached hydrogen (secondary N) is 2. The summed E-state index contributed by atoms with van der Waals surface area (Å²) in [6.45, 7) is 6.55. The van der Waals surface area contributed by atoms with Crippen molar-refractivity contribution in [3.8, 4) is 0 Å². The number of carbonyl (C=O) groups excluding carboxylic acids is 2. The highest BCUT2D eigenvalue weighted by Gasteiger charge is 2.20. The standard InChI is InChI=1S/C14H16N2O3S2.C7H16N2O/c1-9-3-4-11(10(2)12-5-6-20-8-12)7-13(9)21(18,19)16-14(15)17;1-2-3-4-5-6-9-7(8)10/h3-8,10H,1-2H3,(H3,15,16,17);2-6H2,1H3,(H3,8,9,10). The number of amides is 4. The van der Waals surface area contributed by atoms with Gasteiger partial charge in [-0.2, -0.15) is 11.3 Å². The first kappa shape index (κ1) is 26.4. The molecule has 1 unspecified atom stereocenters. The van der Waals surface area contributed by atoms with Crippen LogP contribution in [-0.2, 0) is 10.0 Å². The van der Waals surface area contributed by atoms with Gasteiger partial charge in [-0.25, -0.2) is 22.7 Å². The average molecular weight is 469 g/mol. The lowest BCUT2D eigenvalue weighted by molar-refractivity contribution is 0.248. The number of thiophene rings is 1. The van der Waals surface area contributed by atoms with Crippen LogP contribution in [0.25, 0.3) is 0 Å². The molecule has 1 aromatic heterocycles. The van der Waals surface area contributed by atoms with Crippen molar-refractivity contribution in [1.29, 1.82) is 0 Å². The predicted octanol–water partition coefficient (Wildman–Crippen LogP) is 3.80. The molecule has 0 aliphatic carbocycles. The molecule has 1 heterocycles. The van der Waals surface area contributed by atoms with E-state index in [0.29, 0.717) is 5.56 Å². The van der Waals surface area contributed by atoms with Crippen molar-refractivity contribution in [2.45, 2.75) is 57.3 Å². The number of hydrogen-bond acceptors (Lipinski definition) is 5. The molecule has 1 aromatic carbocycles. The van der Waals surface area contributed by atoms with Crippen molar-refractivity contribution in [2.75, 3.05) is 6.54 Å². The number of benzene rings is 1. The van der Waals surface area contributed by atoms with Crippen LogP contribution in [0.3, 0.4) is 0 Å². The van der Waals surface area contributed by atoms with Crippen LogP contribution in [0.2, 0.25) is 0 Å². The smallest absolute Gasteiger partial charge is 0.326 e. The number of urea groups is 2. The Morgan fingerprint density at radius 3 is 2.32 bits per heavy atom. The zero-order chi connectivity index (χ0) is 23.4. The normalized spacial score (nSPS) is 11.7. The van der Waals surface area contributed by atoms with Gasteiger partial charge in [-0.15, -0.1) is 0 Å². The van der Waals surface area contributed by atoms with Crippen LogP contribution in [-0.4, -0.2) is 27.0 Å². The van der Waals surface area contributed by atoms with Gasteiger partial charge in [-0.05, 0) is 52.9 Å². The van der Waals surface area contributed by atoms with Crippen LogP contribution >= 0.6 is 11.3 Å². The minimum Gasteiger partial charge on any atom is -0.352 e. The van der Waals surface area contributed by atoms with Gasteiger partial charge in [0, 0.05) is 12.5 Å². The molecular weight excluding hydrogens is 436 g/mol. The third-order valence-electron chi connectivity index (χ3n) is 4.61. The average Bonchev–Trinajstić information content (AvgIpc) is 3.21. The highest BCUT2D eigenvalue weighted by Crippen LogP contribution is 2.28. The Morgan fingerprint density at radius 1 is 1.06 bits per heavy atom. The van der Waals surface area contributed by atoms with Crippen molar-refractivity contribution < 1.29 is 18.0 Å². The summed E-state index contributed by atoms with van der Waals surface area (Å²) in [4.78, 5) is 21.1. The number of aryl methyl sites for hydroxylation is 1. The molecule has 4 amide bonds. The maximum absolute atomic E-state index is 12.1. The van der Waals surface area contributed by atoms with E-state index in [4.69, 9.17) is 11.5 Å². The molecule has 172 valence electrons. The number of carbonyl (C=O) groups is 2. The van der Waals surface area contributed by atoms with Gasteiger partial charge in [0.15, 0.2) is 0 Å². The Bertz CT molecular complexity index is 944. The first-order valence-corrected chi connectivity index (χ1v) is 12.5. The molecule has 2 aromatic rings. The fourth-order valence-corrected chi connectivity index (χ4v) is 4.75. The van der Waals surface area contributed by atoms with Crippen molar-refractivity contribution in [3.63, 3.8) is 0 Å². The van der Waals surface area contributed by atoms with E-state index in [1.54, 1.807) is 35.1 Å². The molecule has 1 atom stereocenters. The van der Waals surface area contributed by atoms with Gasteiger partial charge in [-0.1, -0.05) is 45.2 Å². The van der Waals surface area contributed by atoms with Crippen LogP contribution in [0, 0.1) is 6.92 Å². The fraction of sp³-hybridized carbons (Fsp3) is 0.429. The molecule has 0 spiro atoms. The van der Waals surface area contributed by atoms with E-state index < -0.39 is 22.1 Å². The lowest BCUT2D eigenvalue weighted by atomic mass is 9.95. The minimum absolute atomic E-state index is 0.0689. The molecule has 0 radical (unpaired) electrons. The van der Waals surface area contributed by atoms with Crippen molar-refractivity contribution in [3.05, 3.63) is 51.7 Å². The third-order valence-corrected chi connectivity index (χ3v) is 6.80.